The maximum Gasteiger partial charge on any atom is 0.407 e. The fraction of sp³-hybridized carbons (Fsp3) is 0.706. The van der Waals surface area contributed by atoms with Crippen LogP contribution in [0.15, 0.2) is 16.7 Å². The maximum absolute atomic E-state index is 11.8. The molecule has 0 aliphatic rings. The molecule has 1 amide bonds. The lowest BCUT2D eigenvalue weighted by atomic mass is 10.0. The zero-order chi connectivity index (χ0) is 16.8. The monoisotopic (exact) mass is 310 g/mol. The molecule has 1 aromatic rings. The van der Waals surface area contributed by atoms with E-state index in [4.69, 9.17) is 9.15 Å². The van der Waals surface area contributed by atoms with E-state index in [2.05, 4.69) is 24.5 Å². The molecule has 5 heteroatoms. The summed E-state index contributed by atoms with van der Waals surface area (Å²) in [5.41, 5.74) is 0.659. The molecule has 0 saturated heterocycles. The predicted octanol–water partition coefficient (Wildman–Crippen LogP) is 3.62. The van der Waals surface area contributed by atoms with Gasteiger partial charge in [0.15, 0.2) is 0 Å². The Morgan fingerprint density at radius 3 is 2.55 bits per heavy atom. The first-order valence-electron chi connectivity index (χ1n) is 7.90. The zero-order valence-corrected chi connectivity index (χ0v) is 14.7. The Kier molecular flexibility index (Phi) is 6.94. The van der Waals surface area contributed by atoms with Crippen LogP contribution in [0.3, 0.4) is 0 Å². The number of aryl methyl sites for hydroxylation is 1. The van der Waals surface area contributed by atoms with Crippen molar-refractivity contribution in [2.45, 2.75) is 66.2 Å². The van der Waals surface area contributed by atoms with Gasteiger partial charge in [0.25, 0.3) is 0 Å². The SMILES string of the molecule is Cc1ccoc1CNC(CNC(=O)OC(C)(C)C)CC(C)C. The van der Waals surface area contributed by atoms with Crippen LogP contribution in [0.2, 0.25) is 0 Å². The van der Waals surface area contributed by atoms with Crippen LogP contribution in [0, 0.1) is 12.8 Å². The lowest BCUT2D eigenvalue weighted by Gasteiger charge is -2.23. The molecule has 126 valence electrons. The smallest absolute Gasteiger partial charge is 0.407 e. The summed E-state index contributed by atoms with van der Waals surface area (Å²) in [4.78, 5) is 11.8. The normalized spacial score (nSPS) is 13.2. The summed E-state index contributed by atoms with van der Waals surface area (Å²) in [7, 11) is 0. The van der Waals surface area contributed by atoms with E-state index in [-0.39, 0.29) is 12.1 Å². The number of amides is 1. The molecule has 22 heavy (non-hydrogen) atoms. The molecular formula is C17H30N2O3. The average molecular weight is 310 g/mol. The van der Waals surface area contributed by atoms with Gasteiger partial charge in [-0.05, 0) is 51.7 Å². The Morgan fingerprint density at radius 2 is 2.05 bits per heavy atom. The van der Waals surface area contributed by atoms with E-state index in [0.717, 1.165) is 17.7 Å². The van der Waals surface area contributed by atoms with E-state index in [1.54, 1.807) is 6.26 Å². The van der Waals surface area contributed by atoms with Crippen LogP contribution in [-0.4, -0.2) is 24.3 Å². The Morgan fingerprint density at radius 1 is 1.36 bits per heavy atom. The van der Waals surface area contributed by atoms with Crippen molar-refractivity contribution in [3.8, 4) is 0 Å². The average Bonchev–Trinajstić information content (AvgIpc) is 2.75. The fourth-order valence-corrected chi connectivity index (χ4v) is 2.15. The number of nitrogens with one attached hydrogen (secondary N) is 2. The summed E-state index contributed by atoms with van der Waals surface area (Å²) in [5.74, 6) is 1.47. The van der Waals surface area contributed by atoms with Gasteiger partial charge >= 0.3 is 6.09 Å². The molecule has 1 atom stereocenters. The van der Waals surface area contributed by atoms with Gasteiger partial charge in [-0.15, -0.1) is 0 Å². The predicted molar refractivity (Wildman–Crippen MR) is 87.8 cm³/mol. The molecule has 1 heterocycles. The van der Waals surface area contributed by atoms with Crippen LogP contribution in [0.4, 0.5) is 4.79 Å². The van der Waals surface area contributed by atoms with Gasteiger partial charge in [-0.2, -0.15) is 0 Å². The molecule has 1 aromatic heterocycles. The maximum atomic E-state index is 11.8. The second kappa shape index (κ2) is 8.22. The molecular weight excluding hydrogens is 280 g/mol. The molecule has 1 unspecified atom stereocenters. The second-order valence-corrected chi connectivity index (χ2v) is 7.12. The van der Waals surface area contributed by atoms with Crippen LogP contribution < -0.4 is 10.6 Å². The minimum atomic E-state index is -0.476. The van der Waals surface area contributed by atoms with E-state index < -0.39 is 5.60 Å². The van der Waals surface area contributed by atoms with Crippen molar-refractivity contribution < 1.29 is 13.9 Å². The van der Waals surface area contributed by atoms with Gasteiger partial charge in [0.2, 0.25) is 0 Å². The lowest BCUT2D eigenvalue weighted by molar-refractivity contribution is 0.0520. The number of furan rings is 1. The van der Waals surface area contributed by atoms with Gasteiger partial charge in [0.05, 0.1) is 12.8 Å². The third kappa shape index (κ3) is 7.50. The largest absolute Gasteiger partial charge is 0.468 e. The molecule has 5 nitrogen and oxygen atoms in total. The first-order chi connectivity index (χ1) is 10.2. The molecule has 0 fully saturated rings. The van der Waals surface area contributed by atoms with Gasteiger partial charge in [-0.1, -0.05) is 13.8 Å². The van der Waals surface area contributed by atoms with Gasteiger partial charge in [-0.25, -0.2) is 4.79 Å². The minimum absolute atomic E-state index is 0.178. The number of carbonyl (C=O) groups is 1. The van der Waals surface area contributed by atoms with Crippen molar-refractivity contribution in [3.05, 3.63) is 23.7 Å². The molecule has 0 radical (unpaired) electrons. The van der Waals surface area contributed by atoms with E-state index >= 15 is 0 Å². The van der Waals surface area contributed by atoms with Crippen molar-refractivity contribution in [2.75, 3.05) is 6.54 Å². The van der Waals surface area contributed by atoms with E-state index in [1.807, 2.05) is 33.8 Å². The first kappa shape index (κ1) is 18.6. The highest BCUT2D eigenvalue weighted by atomic mass is 16.6. The van der Waals surface area contributed by atoms with Gasteiger partial charge < -0.3 is 19.8 Å². The molecule has 1 rings (SSSR count). The summed E-state index contributed by atoms with van der Waals surface area (Å²) in [5, 5.41) is 6.28. The molecule has 0 aromatic carbocycles. The number of hydrogen-bond donors (Lipinski definition) is 2. The Hall–Kier alpha value is -1.49. The summed E-state index contributed by atoms with van der Waals surface area (Å²) in [6, 6.07) is 2.13. The third-order valence-electron chi connectivity index (χ3n) is 3.17. The van der Waals surface area contributed by atoms with Gasteiger partial charge in [-0.3, -0.25) is 0 Å². The van der Waals surface area contributed by atoms with Crippen LogP contribution in [0.5, 0.6) is 0 Å². The van der Waals surface area contributed by atoms with Crippen LogP contribution in [0.25, 0.3) is 0 Å². The van der Waals surface area contributed by atoms with E-state index in [9.17, 15) is 4.79 Å². The molecule has 2 N–H and O–H groups in total. The van der Waals surface area contributed by atoms with Gasteiger partial charge in [0, 0.05) is 12.6 Å². The van der Waals surface area contributed by atoms with Crippen molar-refractivity contribution in [2.24, 2.45) is 5.92 Å². The number of ether oxygens (including phenoxy) is 1. The molecule has 0 aliphatic carbocycles. The topological polar surface area (TPSA) is 63.5 Å². The number of alkyl carbamates (subject to hydrolysis) is 1. The Bertz CT molecular complexity index is 461. The fourth-order valence-electron chi connectivity index (χ4n) is 2.15. The molecule has 0 spiro atoms. The van der Waals surface area contributed by atoms with Crippen LogP contribution in [0.1, 0.15) is 52.4 Å². The Labute approximate surface area is 133 Å². The van der Waals surface area contributed by atoms with E-state index in [0.29, 0.717) is 19.0 Å². The number of carbonyl (C=O) groups excluding carboxylic acids is 1. The highest BCUT2D eigenvalue weighted by molar-refractivity contribution is 5.67. The van der Waals surface area contributed by atoms with Crippen LogP contribution >= 0.6 is 0 Å². The van der Waals surface area contributed by atoms with Crippen molar-refractivity contribution >= 4 is 6.09 Å². The first-order valence-corrected chi connectivity index (χ1v) is 7.90. The van der Waals surface area contributed by atoms with Gasteiger partial charge in [0.1, 0.15) is 11.4 Å². The van der Waals surface area contributed by atoms with Crippen molar-refractivity contribution in [3.63, 3.8) is 0 Å². The number of rotatable bonds is 7. The second-order valence-electron chi connectivity index (χ2n) is 7.12. The van der Waals surface area contributed by atoms with Crippen LogP contribution in [-0.2, 0) is 11.3 Å². The highest BCUT2D eigenvalue weighted by Gasteiger charge is 2.18. The minimum Gasteiger partial charge on any atom is -0.468 e. The summed E-state index contributed by atoms with van der Waals surface area (Å²) < 4.78 is 10.7. The third-order valence-corrected chi connectivity index (χ3v) is 3.17. The summed E-state index contributed by atoms with van der Waals surface area (Å²) in [6.45, 7) is 13.1. The standard InChI is InChI=1S/C17H30N2O3/c1-12(2)9-14(10-19-16(20)22-17(4,5)6)18-11-15-13(3)7-8-21-15/h7-8,12,14,18H,9-11H2,1-6H3,(H,19,20). The van der Waals surface area contributed by atoms with E-state index in [1.165, 1.54) is 0 Å². The number of hydrogen-bond acceptors (Lipinski definition) is 4. The summed E-state index contributed by atoms with van der Waals surface area (Å²) in [6.07, 6.45) is 2.29. The molecule has 0 bridgehead atoms. The van der Waals surface area contributed by atoms with Crippen molar-refractivity contribution in [1.29, 1.82) is 0 Å². The lowest BCUT2D eigenvalue weighted by Crippen LogP contribution is -2.43. The molecule has 0 aliphatic heterocycles. The molecule has 0 saturated carbocycles. The Balaban J connectivity index is 2.47. The quantitative estimate of drug-likeness (QED) is 0.807. The summed E-state index contributed by atoms with van der Waals surface area (Å²) >= 11 is 0. The van der Waals surface area contributed by atoms with Crippen molar-refractivity contribution in [1.82, 2.24) is 10.6 Å². The highest BCUT2D eigenvalue weighted by Crippen LogP contribution is 2.11. The zero-order valence-electron chi connectivity index (χ0n) is 14.7.